The van der Waals surface area contributed by atoms with Gasteiger partial charge in [0.05, 0.1) is 6.61 Å². The van der Waals surface area contributed by atoms with Crippen molar-refractivity contribution in [2.45, 2.75) is 32.5 Å². The first kappa shape index (κ1) is 13.9. The third-order valence-corrected chi connectivity index (χ3v) is 1.61. The van der Waals surface area contributed by atoms with Crippen molar-refractivity contribution in [2.75, 3.05) is 13.2 Å². The van der Waals surface area contributed by atoms with Crippen LogP contribution in [0.5, 0.6) is 0 Å². The fourth-order valence-electron chi connectivity index (χ4n) is 0.797. The van der Waals surface area contributed by atoms with Gasteiger partial charge in [-0.15, -0.1) is 0 Å². The fourth-order valence-corrected chi connectivity index (χ4v) is 0.797. The Labute approximate surface area is 87.8 Å². The van der Waals surface area contributed by atoms with E-state index in [1.807, 2.05) is 0 Å². The Morgan fingerprint density at radius 1 is 1.40 bits per heavy atom. The molecule has 0 aromatic heterocycles. The van der Waals surface area contributed by atoms with E-state index in [1.165, 1.54) is 6.92 Å². The lowest BCUT2D eigenvalue weighted by Gasteiger charge is -2.15. The van der Waals surface area contributed by atoms with Crippen LogP contribution in [0.4, 0.5) is 0 Å². The van der Waals surface area contributed by atoms with E-state index in [0.29, 0.717) is 0 Å². The second-order valence-electron chi connectivity index (χ2n) is 2.97. The van der Waals surface area contributed by atoms with Crippen LogP contribution < -0.4 is 0 Å². The van der Waals surface area contributed by atoms with Gasteiger partial charge in [-0.25, -0.2) is 4.79 Å². The summed E-state index contributed by atoms with van der Waals surface area (Å²) in [5, 5.41) is 17.8. The number of aliphatic hydroxyl groups excluding tert-OH is 2. The molecular formula is C9H16O6. The van der Waals surface area contributed by atoms with Crippen LogP contribution in [-0.4, -0.2) is 47.6 Å². The molecule has 0 heterocycles. The summed E-state index contributed by atoms with van der Waals surface area (Å²) < 4.78 is 9.24. The SMILES string of the molecule is CCC(O)C(=O)OCC(CO)OC(C)=O. The lowest BCUT2D eigenvalue weighted by Crippen LogP contribution is -2.31. The van der Waals surface area contributed by atoms with E-state index in [1.54, 1.807) is 6.92 Å². The Morgan fingerprint density at radius 2 is 2.00 bits per heavy atom. The van der Waals surface area contributed by atoms with E-state index in [0.717, 1.165) is 0 Å². The summed E-state index contributed by atoms with van der Waals surface area (Å²) in [4.78, 5) is 21.5. The van der Waals surface area contributed by atoms with Crippen molar-refractivity contribution in [1.82, 2.24) is 0 Å². The molecule has 0 saturated heterocycles. The number of ether oxygens (including phenoxy) is 2. The molecular weight excluding hydrogens is 204 g/mol. The van der Waals surface area contributed by atoms with Crippen LogP contribution in [0.25, 0.3) is 0 Å². The first-order chi connectivity index (χ1) is 7.01. The Kier molecular flexibility index (Phi) is 6.64. The monoisotopic (exact) mass is 220 g/mol. The summed E-state index contributed by atoms with van der Waals surface area (Å²) >= 11 is 0. The highest BCUT2D eigenvalue weighted by Crippen LogP contribution is 1.98. The Balaban J connectivity index is 3.89. The third-order valence-electron chi connectivity index (χ3n) is 1.61. The highest BCUT2D eigenvalue weighted by molar-refractivity contribution is 5.74. The predicted molar refractivity (Wildman–Crippen MR) is 49.9 cm³/mol. The van der Waals surface area contributed by atoms with Gasteiger partial charge in [-0.05, 0) is 6.42 Å². The Bertz CT molecular complexity index is 215. The molecule has 6 nitrogen and oxygen atoms in total. The van der Waals surface area contributed by atoms with Gasteiger partial charge in [-0.2, -0.15) is 0 Å². The number of hydrogen-bond acceptors (Lipinski definition) is 6. The summed E-state index contributed by atoms with van der Waals surface area (Å²) in [6.07, 6.45) is -1.81. The van der Waals surface area contributed by atoms with Crippen LogP contribution in [0, 0.1) is 0 Å². The van der Waals surface area contributed by atoms with Gasteiger partial charge >= 0.3 is 11.9 Å². The minimum Gasteiger partial charge on any atom is -0.460 e. The van der Waals surface area contributed by atoms with Crippen LogP contribution in [0.1, 0.15) is 20.3 Å². The molecule has 0 aliphatic carbocycles. The van der Waals surface area contributed by atoms with Gasteiger partial charge < -0.3 is 19.7 Å². The summed E-state index contributed by atoms with van der Waals surface area (Å²) in [6, 6.07) is 0. The average Bonchev–Trinajstić information content (AvgIpc) is 2.21. The van der Waals surface area contributed by atoms with E-state index in [4.69, 9.17) is 10.2 Å². The number of carbonyl (C=O) groups is 2. The number of carbonyl (C=O) groups excluding carboxylic acids is 2. The largest absolute Gasteiger partial charge is 0.460 e. The molecule has 0 saturated carbocycles. The molecule has 0 bridgehead atoms. The number of hydrogen-bond donors (Lipinski definition) is 2. The Morgan fingerprint density at radius 3 is 2.40 bits per heavy atom. The van der Waals surface area contributed by atoms with Crippen LogP contribution in [0.15, 0.2) is 0 Å². The standard InChI is InChI=1S/C9H16O6/c1-3-8(12)9(13)14-5-7(4-10)15-6(2)11/h7-8,10,12H,3-5H2,1-2H3. The van der Waals surface area contributed by atoms with Crippen molar-refractivity contribution in [1.29, 1.82) is 0 Å². The zero-order valence-electron chi connectivity index (χ0n) is 8.80. The van der Waals surface area contributed by atoms with Crippen molar-refractivity contribution in [2.24, 2.45) is 0 Å². The van der Waals surface area contributed by atoms with E-state index in [-0.39, 0.29) is 13.0 Å². The molecule has 15 heavy (non-hydrogen) atoms. The first-order valence-electron chi connectivity index (χ1n) is 4.64. The first-order valence-corrected chi connectivity index (χ1v) is 4.64. The van der Waals surface area contributed by atoms with Crippen LogP contribution in [-0.2, 0) is 19.1 Å². The molecule has 0 aliphatic heterocycles. The van der Waals surface area contributed by atoms with Gasteiger partial charge in [0.2, 0.25) is 0 Å². The topological polar surface area (TPSA) is 93.1 Å². The van der Waals surface area contributed by atoms with Gasteiger partial charge in [0.25, 0.3) is 0 Å². The van der Waals surface area contributed by atoms with Crippen molar-refractivity contribution < 1.29 is 29.3 Å². The van der Waals surface area contributed by atoms with E-state index in [9.17, 15) is 9.59 Å². The third kappa shape index (κ3) is 6.03. The van der Waals surface area contributed by atoms with Gasteiger partial charge in [-0.3, -0.25) is 4.79 Å². The summed E-state index contributed by atoms with van der Waals surface area (Å²) in [7, 11) is 0. The van der Waals surface area contributed by atoms with Crippen molar-refractivity contribution in [3.63, 3.8) is 0 Å². The fraction of sp³-hybridized carbons (Fsp3) is 0.778. The minimum absolute atomic E-state index is 0.246. The molecule has 0 radical (unpaired) electrons. The lowest BCUT2D eigenvalue weighted by atomic mass is 10.3. The van der Waals surface area contributed by atoms with Gasteiger partial charge in [0, 0.05) is 6.92 Å². The smallest absolute Gasteiger partial charge is 0.335 e. The number of rotatable bonds is 6. The average molecular weight is 220 g/mol. The molecule has 0 spiro atoms. The van der Waals surface area contributed by atoms with Crippen LogP contribution in [0.3, 0.4) is 0 Å². The number of aliphatic hydroxyl groups is 2. The van der Waals surface area contributed by atoms with Crippen LogP contribution >= 0.6 is 0 Å². The maximum Gasteiger partial charge on any atom is 0.335 e. The molecule has 2 unspecified atom stereocenters. The van der Waals surface area contributed by atoms with Crippen LogP contribution in [0.2, 0.25) is 0 Å². The van der Waals surface area contributed by atoms with Crippen molar-refractivity contribution in [3.8, 4) is 0 Å². The molecule has 88 valence electrons. The summed E-state index contributed by atoms with van der Waals surface area (Å²) in [5.74, 6) is -1.36. The lowest BCUT2D eigenvalue weighted by molar-refractivity contribution is -0.165. The van der Waals surface area contributed by atoms with Gasteiger partial charge in [-0.1, -0.05) is 6.92 Å². The zero-order valence-corrected chi connectivity index (χ0v) is 8.80. The molecule has 0 aromatic rings. The van der Waals surface area contributed by atoms with Crippen molar-refractivity contribution in [3.05, 3.63) is 0 Å². The van der Waals surface area contributed by atoms with E-state index >= 15 is 0 Å². The Hall–Kier alpha value is -1.14. The van der Waals surface area contributed by atoms with Crippen molar-refractivity contribution >= 4 is 11.9 Å². The molecule has 2 N–H and O–H groups in total. The summed E-state index contributed by atoms with van der Waals surface area (Å²) in [5.41, 5.74) is 0. The second-order valence-corrected chi connectivity index (χ2v) is 2.97. The van der Waals surface area contributed by atoms with Gasteiger partial charge in [0.15, 0.2) is 12.2 Å². The molecule has 0 aromatic carbocycles. The molecule has 6 heteroatoms. The predicted octanol–water partition coefficient (Wildman–Crippen LogP) is -0.776. The maximum absolute atomic E-state index is 11.0. The van der Waals surface area contributed by atoms with E-state index < -0.39 is 30.8 Å². The zero-order chi connectivity index (χ0) is 11.8. The van der Waals surface area contributed by atoms with Gasteiger partial charge in [0.1, 0.15) is 6.61 Å². The van der Waals surface area contributed by atoms with E-state index in [2.05, 4.69) is 9.47 Å². The highest BCUT2D eigenvalue weighted by Gasteiger charge is 2.18. The normalized spacial score (nSPS) is 14.1. The molecule has 0 fully saturated rings. The molecule has 2 atom stereocenters. The minimum atomic E-state index is -1.18. The maximum atomic E-state index is 11.0. The molecule has 0 amide bonds. The second kappa shape index (κ2) is 7.19. The number of esters is 2. The summed E-state index contributed by atoms with van der Waals surface area (Å²) in [6.45, 7) is 2.12. The highest BCUT2D eigenvalue weighted by atomic mass is 16.6. The quantitative estimate of drug-likeness (QED) is 0.571. The molecule has 0 rings (SSSR count). The molecule has 0 aliphatic rings.